The minimum Gasteiger partial charge on any atom is -0.480 e. The van der Waals surface area contributed by atoms with Crippen molar-refractivity contribution in [1.82, 2.24) is 0 Å². The number of carboxylic acid groups (broad SMARTS) is 1. The van der Waals surface area contributed by atoms with Gasteiger partial charge >= 0.3 is 5.97 Å². The lowest BCUT2D eigenvalue weighted by Crippen LogP contribution is -2.33. The van der Waals surface area contributed by atoms with Gasteiger partial charge in [-0.25, -0.2) is 13.2 Å². The van der Waals surface area contributed by atoms with Crippen LogP contribution < -0.4 is 9.46 Å². The van der Waals surface area contributed by atoms with Crippen LogP contribution in [0.4, 0.5) is 5.69 Å². The van der Waals surface area contributed by atoms with Gasteiger partial charge in [0.1, 0.15) is 5.75 Å². The van der Waals surface area contributed by atoms with Crippen LogP contribution in [0.1, 0.15) is 12.8 Å². The lowest BCUT2D eigenvalue weighted by Gasteiger charge is -2.23. The van der Waals surface area contributed by atoms with Gasteiger partial charge in [0.05, 0.1) is 10.9 Å². The molecule has 7 nitrogen and oxygen atoms in total. The summed E-state index contributed by atoms with van der Waals surface area (Å²) >= 11 is 0. The quantitative estimate of drug-likeness (QED) is 0.814. The summed E-state index contributed by atoms with van der Waals surface area (Å²) < 4.78 is 37.3. The van der Waals surface area contributed by atoms with Gasteiger partial charge in [-0.3, -0.25) is 4.72 Å². The van der Waals surface area contributed by atoms with Gasteiger partial charge in [-0.05, 0) is 25.0 Å². The molecule has 0 radical (unpaired) electrons. The SMILES string of the molecule is O=C(O)COc1ccccc1NS(=O)(=O)C1CCOCC1. The fourth-order valence-corrected chi connectivity index (χ4v) is 3.49. The molecule has 2 rings (SSSR count). The standard InChI is InChI=1S/C13H17NO6S/c15-13(16)9-20-12-4-2-1-3-11(12)14-21(17,18)10-5-7-19-8-6-10/h1-4,10,14H,5-9H2,(H,15,16). The number of benzene rings is 1. The number of sulfonamides is 1. The monoisotopic (exact) mass is 315 g/mol. The van der Waals surface area contributed by atoms with E-state index in [1.165, 1.54) is 12.1 Å². The van der Waals surface area contributed by atoms with Crippen LogP contribution in [0.15, 0.2) is 24.3 Å². The minimum atomic E-state index is -3.55. The normalized spacial score (nSPS) is 16.4. The Morgan fingerprint density at radius 3 is 2.67 bits per heavy atom. The number of hydrogen-bond acceptors (Lipinski definition) is 5. The van der Waals surface area contributed by atoms with Crippen molar-refractivity contribution in [2.45, 2.75) is 18.1 Å². The molecule has 0 atom stereocenters. The Kier molecular flexibility index (Phi) is 5.03. The zero-order valence-electron chi connectivity index (χ0n) is 11.3. The zero-order chi connectivity index (χ0) is 15.3. The van der Waals surface area contributed by atoms with Crippen LogP contribution in [0.5, 0.6) is 5.75 Å². The topological polar surface area (TPSA) is 102 Å². The largest absolute Gasteiger partial charge is 0.480 e. The number of hydrogen-bond donors (Lipinski definition) is 2. The van der Waals surface area contributed by atoms with Crippen LogP contribution in [-0.4, -0.2) is 44.6 Å². The molecule has 116 valence electrons. The molecular weight excluding hydrogens is 298 g/mol. The van der Waals surface area contributed by atoms with Gasteiger partial charge in [0.25, 0.3) is 0 Å². The molecule has 0 spiro atoms. The van der Waals surface area contributed by atoms with E-state index in [9.17, 15) is 13.2 Å². The second kappa shape index (κ2) is 6.77. The molecule has 1 fully saturated rings. The molecule has 1 aromatic carbocycles. The molecule has 0 bridgehead atoms. The molecule has 1 aliphatic heterocycles. The zero-order valence-corrected chi connectivity index (χ0v) is 12.1. The van der Waals surface area contributed by atoms with Crippen molar-refractivity contribution >= 4 is 21.7 Å². The molecule has 1 saturated heterocycles. The Labute approximate surface area is 122 Å². The number of aliphatic carboxylic acids is 1. The minimum absolute atomic E-state index is 0.190. The third-order valence-corrected chi connectivity index (χ3v) is 4.95. The van der Waals surface area contributed by atoms with Crippen molar-refractivity contribution in [3.8, 4) is 5.75 Å². The van der Waals surface area contributed by atoms with E-state index in [0.29, 0.717) is 26.1 Å². The maximum Gasteiger partial charge on any atom is 0.341 e. The fourth-order valence-electron chi connectivity index (χ4n) is 2.04. The molecule has 0 amide bonds. The van der Waals surface area contributed by atoms with Crippen molar-refractivity contribution in [2.75, 3.05) is 24.5 Å². The Hall–Kier alpha value is -1.80. The van der Waals surface area contributed by atoms with Gasteiger partial charge in [0, 0.05) is 13.2 Å². The number of carboxylic acids is 1. The third-order valence-electron chi connectivity index (χ3n) is 3.10. The highest BCUT2D eigenvalue weighted by Gasteiger charge is 2.28. The van der Waals surface area contributed by atoms with Crippen molar-refractivity contribution in [1.29, 1.82) is 0 Å². The highest BCUT2D eigenvalue weighted by molar-refractivity contribution is 7.93. The molecule has 0 aromatic heterocycles. The summed E-state index contributed by atoms with van der Waals surface area (Å²) in [6.45, 7) is 0.307. The smallest absolute Gasteiger partial charge is 0.341 e. The molecule has 2 N–H and O–H groups in total. The second-order valence-corrected chi connectivity index (χ2v) is 6.60. The Morgan fingerprint density at radius 1 is 1.33 bits per heavy atom. The predicted molar refractivity (Wildman–Crippen MR) is 76.0 cm³/mol. The predicted octanol–water partition coefficient (Wildman–Crippen LogP) is 1.07. The van der Waals surface area contributed by atoms with Gasteiger partial charge < -0.3 is 14.6 Å². The van der Waals surface area contributed by atoms with Crippen LogP contribution in [0, 0.1) is 0 Å². The van der Waals surface area contributed by atoms with E-state index in [1.807, 2.05) is 0 Å². The summed E-state index contributed by atoms with van der Waals surface area (Å²) in [5.74, 6) is -0.937. The summed E-state index contributed by atoms with van der Waals surface area (Å²) in [5.41, 5.74) is 0.241. The van der Waals surface area contributed by atoms with Crippen molar-refractivity contribution in [3.63, 3.8) is 0 Å². The number of nitrogens with one attached hydrogen (secondary N) is 1. The Bertz CT molecular complexity index is 594. The van der Waals surface area contributed by atoms with Crippen LogP contribution in [0.25, 0.3) is 0 Å². The number of anilines is 1. The summed E-state index contributed by atoms with van der Waals surface area (Å²) in [4.78, 5) is 10.5. The Morgan fingerprint density at radius 2 is 2.00 bits per heavy atom. The van der Waals surface area contributed by atoms with Crippen LogP contribution >= 0.6 is 0 Å². The average molecular weight is 315 g/mol. The number of carbonyl (C=O) groups is 1. The number of ether oxygens (including phenoxy) is 2. The lowest BCUT2D eigenvalue weighted by atomic mass is 10.2. The van der Waals surface area contributed by atoms with Gasteiger partial charge in [0.15, 0.2) is 6.61 Å². The first-order valence-corrected chi connectivity index (χ1v) is 8.06. The second-order valence-electron chi connectivity index (χ2n) is 4.64. The molecule has 0 unspecified atom stereocenters. The molecule has 8 heteroatoms. The van der Waals surface area contributed by atoms with Crippen molar-refractivity contribution in [2.24, 2.45) is 0 Å². The van der Waals surface area contributed by atoms with E-state index < -0.39 is 27.8 Å². The molecular formula is C13H17NO6S. The van der Waals surface area contributed by atoms with Gasteiger partial charge in [-0.15, -0.1) is 0 Å². The number of rotatable bonds is 6. The average Bonchev–Trinajstić information content (AvgIpc) is 2.47. The number of para-hydroxylation sites is 2. The summed E-state index contributed by atoms with van der Waals surface area (Å²) in [6, 6.07) is 6.34. The first-order valence-electron chi connectivity index (χ1n) is 6.52. The molecule has 1 heterocycles. The van der Waals surface area contributed by atoms with Crippen molar-refractivity contribution in [3.05, 3.63) is 24.3 Å². The van der Waals surface area contributed by atoms with E-state index in [-0.39, 0.29) is 11.4 Å². The fraction of sp³-hybridized carbons (Fsp3) is 0.462. The first kappa shape index (κ1) is 15.6. The lowest BCUT2D eigenvalue weighted by molar-refractivity contribution is -0.139. The van der Waals surface area contributed by atoms with Gasteiger partial charge in [0.2, 0.25) is 10.0 Å². The van der Waals surface area contributed by atoms with Gasteiger partial charge in [-0.2, -0.15) is 0 Å². The highest BCUT2D eigenvalue weighted by Crippen LogP contribution is 2.27. The highest BCUT2D eigenvalue weighted by atomic mass is 32.2. The maximum atomic E-state index is 12.3. The molecule has 1 aromatic rings. The summed E-state index contributed by atoms with van der Waals surface area (Å²) in [5, 5.41) is 8.11. The summed E-state index contributed by atoms with van der Waals surface area (Å²) in [6.07, 6.45) is 0.876. The molecule has 0 saturated carbocycles. The summed E-state index contributed by atoms with van der Waals surface area (Å²) in [7, 11) is -3.55. The maximum absolute atomic E-state index is 12.3. The van der Waals surface area contributed by atoms with E-state index in [2.05, 4.69) is 4.72 Å². The third kappa shape index (κ3) is 4.33. The Balaban J connectivity index is 2.12. The molecule has 0 aliphatic carbocycles. The molecule has 21 heavy (non-hydrogen) atoms. The van der Waals surface area contributed by atoms with E-state index in [0.717, 1.165) is 0 Å². The molecule has 1 aliphatic rings. The van der Waals surface area contributed by atoms with E-state index in [4.69, 9.17) is 14.6 Å². The van der Waals surface area contributed by atoms with Crippen LogP contribution in [-0.2, 0) is 19.6 Å². The van der Waals surface area contributed by atoms with Gasteiger partial charge in [-0.1, -0.05) is 12.1 Å². The van der Waals surface area contributed by atoms with Crippen LogP contribution in [0.2, 0.25) is 0 Å². The van der Waals surface area contributed by atoms with Crippen molar-refractivity contribution < 1.29 is 27.8 Å². The van der Waals surface area contributed by atoms with Crippen LogP contribution in [0.3, 0.4) is 0 Å². The van der Waals surface area contributed by atoms with E-state index in [1.54, 1.807) is 12.1 Å². The first-order chi connectivity index (χ1) is 9.99. The van der Waals surface area contributed by atoms with E-state index >= 15 is 0 Å².